The largest absolute Gasteiger partial charge is 0.455 e. The van der Waals surface area contributed by atoms with E-state index in [9.17, 15) is 4.79 Å². The van der Waals surface area contributed by atoms with E-state index < -0.39 is 0 Å². The summed E-state index contributed by atoms with van der Waals surface area (Å²) in [7, 11) is 0. The Balaban J connectivity index is 1.66. The van der Waals surface area contributed by atoms with Crippen molar-refractivity contribution in [2.24, 2.45) is 0 Å². The number of ether oxygens (including phenoxy) is 1. The summed E-state index contributed by atoms with van der Waals surface area (Å²) in [6.45, 7) is 10.5. The predicted molar refractivity (Wildman–Crippen MR) is 110 cm³/mol. The molecule has 3 rings (SSSR count). The molecule has 2 aromatic heterocycles. The second-order valence-electron chi connectivity index (χ2n) is 6.49. The second-order valence-corrected chi connectivity index (χ2v) is 7.43. The van der Waals surface area contributed by atoms with Crippen molar-refractivity contribution < 1.29 is 13.9 Å². The summed E-state index contributed by atoms with van der Waals surface area (Å²) in [4.78, 5) is 25.8. The summed E-state index contributed by atoms with van der Waals surface area (Å²) in [6.07, 6.45) is 0.864. The van der Waals surface area contributed by atoms with Crippen LogP contribution in [0.15, 0.2) is 27.8 Å². The van der Waals surface area contributed by atoms with Crippen LogP contribution in [-0.4, -0.2) is 60.2 Å². The SMILES string of the molecule is CCc1cc(N(CC)CC)nc(SCc2ccc(C(=O)N3CCOCC3)o2)n1. The summed E-state index contributed by atoms with van der Waals surface area (Å²) >= 11 is 1.53. The summed E-state index contributed by atoms with van der Waals surface area (Å²) in [6, 6.07) is 5.66. The van der Waals surface area contributed by atoms with Crippen LogP contribution < -0.4 is 4.90 Å². The molecule has 2 aromatic rings. The van der Waals surface area contributed by atoms with Crippen molar-refractivity contribution in [2.75, 3.05) is 44.3 Å². The molecule has 3 heterocycles. The molecule has 0 aliphatic carbocycles. The van der Waals surface area contributed by atoms with E-state index in [1.54, 1.807) is 11.0 Å². The third-order valence-electron chi connectivity index (χ3n) is 4.71. The normalized spacial score (nSPS) is 14.3. The maximum Gasteiger partial charge on any atom is 0.289 e. The number of hydrogen-bond donors (Lipinski definition) is 0. The molecule has 28 heavy (non-hydrogen) atoms. The van der Waals surface area contributed by atoms with Crippen molar-refractivity contribution in [3.05, 3.63) is 35.4 Å². The maximum absolute atomic E-state index is 12.5. The van der Waals surface area contributed by atoms with Crippen LogP contribution in [0, 0.1) is 0 Å². The number of thioether (sulfide) groups is 1. The van der Waals surface area contributed by atoms with Gasteiger partial charge in [-0.2, -0.15) is 0 Å². The highest BCUT2D eigenvalue weighted by molar-refractivity contribution is 7.98. The number of hydrogen-bond acceptors (Lipinski definition) is 7. The van der Waals surface area contributed by atoms with Crippen molar-refractivity contribution >= 4 is 23.5 Å². The van der Waals surface area contributed by atoms with E-state index in [-0.39, 0.29) is 5.91 Å². The highest BCUT2D eigenvalue weighted by atomic mass is 32.2. The monoisotopic (exact) mass is 404 g/mol. The minimum atomic E-state index is -0.0763. The number of carbonyl (C=O) groups is 1. The van der Waals surface area contributed by atoms with Crippen LogP contribution in [0.4, 0.5) is 5.82 Å². The Labute approximate surface area is 170 Å². The Morgan fingerprint density at radius 3 is 2.61 bits per heavy atom. The van der Waals surface area contributed by atoms with E-state index >= 15 is 0 Å². The molecule has 1 fully saturated rings. The molecule has 0 bridgehead atoms. The highest BCUT2D eigenvalue weighted by Gasteiger charge is 2.21. The first-order chi connectivity index (χ1) is 13.6. The number of carbonyl (C=O) groups excluding carboxylic acids is 1. The van der Waals surface area contributed by atoms with Crippen LogP contribution in [0.3, 0.4) is 0 Å². The third-order valence-corrected chi connectivity index (χ3v) is 5.58. The fourth-order valence-electron chi connectivity index (χ4n) is 3.04. The molecule has 0 radical (unpaired) electrons. The number of nitrogens with zero attached hydrogens (tertiary/aromatic N) is 4. The molecule has 0 atom stereocenters. The van der Waals surface area contributed by atoms with Crippen LogP contribution in [0.5, 0.6) is 0 Å². The van der Waals surface area contributed by atoms with Crippen LogP contribution in [0.1, 0.15) is 42.8 Å². The molecule has 1 aliphatic rings. The molecule has 0 saturated carbocycles. The highest BCUT2D eigenvalue weighted by Crippen LogP contribution is 2.24. The average molecular weight is 405 g/mol. The molecule has 1 amide bonds. The van der Waals surface area contributed by atoms with Crippen LogP contribution in [0.2, 0.25) is 0 Å². The van der Waals surface area contributed by atoms with Gasteiger partial charge >= 0.3 is 0 Å². The number of morpholine rings is 1. The molecule has 0 aromatic carbocycles. The zero-order chi connectivity index (χ0) is 19.9. The Hall–Kier alpha value is -2.06. The fourth-order valence-corrected chi connectivity index (χ4v) is 3.81. The first-order valence-corrected chi connectivity index (χ1v) is 10.8. The lowest BCUT2D eigenvalue weighted by Crippen LogP contribution is -2.40. The van der Waals surface area contributed by atoms with Gasteiger partial charge in [0.2, 0.25) is 0 Å². The molecule has 8 heteroatoms. The summed E-state index contributed by atoms with van der Waals surface area (Å²) in [5.74, 6) is 2.59. The second kappa shape index (κ2) is 9.93. The van der Waals surface area contributed by atoms with Gasteiger partial charge in [-0.1, -0.05) is 18.7 Å². The van der Waals surface area contributed by atoms with E-state index in [2.05, 4.69) is 36.7 Å². The van der Waals surface area contributed by atoms with Crippen molar-refractivity contribution in [1.29, 1.82) is 0 Å². The van der Waals surface area contributed by atoms with E-state index in [1.807, 2.05) is 6.07 Å². The number of furan rings is 1. The minimum Gasteiger partial charge on any atom is -0.455 e. The lowest BCUT2D eigenvalue weighted by atomic mass is 10.3. The zero-order valence-electron chi connectivity index (χ0n) is 16.8. The molecule has 1 saturated heterocycles. The van der Waals surface area contributed by atoms with Gasteiger partial charge < -0.3 is 19.0 Å². The van der Waals surface area contributed by atoms with Crippen LogP contribution in [-0.2, 0) is 16.9 Å². The quantitative estimate of drug-likeness (QED) is 0.494. The summed E-state index contributed by atoms with van der Waals surface area (Å²) < 4.78 is 11.1. The standard InChI is InChI=1S/C20H28N4O3S/c1-4-15-13-18(23(5-2)6-3)22-20(21-15)28-14-16-7-8-17(27-16)19(25)24-9-11-26-12-10-24/h7-8,13H,4-6,9-12,14H2,1-3H3. The number of aryl methyl sites for hydroxylation is 1. The Morgan fingerprint density at radius 2 is 1.93 bits per heavy atom. The predicted octanol–water partition coefficient (Wildman–Crippen LogP) is 3.24. The molecule has 7 nitrogen and oxygen atoms in total. The first-order valence-electron chi connectivity index (χ1n) is 9.86. The van der Waals surface area contributed by atoms with E-state index in [0.717, 1.165) is 41.9 Å². The number of aromatic nitrogens is 2. The third kappa shape index (κ3) is 5.05. The molecule has 0 N–H and O–H groups in total. The lowest BCUT2D eigenvalue weighted by molar-refractivity contribution is 0.0282. The van der Waals surface area contributed by atoms with Crippen molar-refractivity contribution in [2.45, 2.75) is 38.1 Å². The van der Waals surface area contributed by atoms with E-state index in [0.29, 0.717) is 37.8 Å². The van der Waals surface area contributed by atoms with Crippen molar-refractivity contribution in [3.8, 4) is 0 Å². The van der Waals surface area contributed by atoms with Gasteiger partial charge in [0.15, 0.2) is 10.9 Å². The fraction of sp³-hybridized carbons (Fsp3) is 0.550. The lowest BCUT2D eigenvalue weighted by Gasteiger charge is -2.25. The van der Waals surface area contributed by atoms with Crippen LogP contribution in [0.25, 0.3) is 0 Å². The Morgan fingerprint density at radius 1 is 1.18 bits per heavy atom. The van der Waals surface area contributed by atoms with Gasteiger partial charge in [-0.05, 0) is 32.4 Å². The molecular formula is C20H28N4O3S. The first kappa shape index (κ1) is 20.7. The molecular weight excluding hydrogens is 376 g/mol. The van der Waals surface area contributed by atoms with Crippen molar-refractivity contribution in [1.82, 2.24) is 14.9 Å². The number of rotatable bonds is 8. The number of anilines is 1. The summed E-state index contributed by atoms with van der Waals surface area (Å²) in [5.41, 5.74) is 1.03. The molecule has 152 valence electrons. The van der Waals surface area contributed by atoms with E-state index in [4.69, 9.17) is 14.1 Å². The maximum atomic E-state index is 12.5. The topological polar surface area (TPSA) is 71.7 Å². The van der Waals surface area contributed by atoms with Crippen molar-refractivity contribution in [3.63, 3.8) is 0 Å². The van der Waals surface area contributed by atoms with E-state index in [1.165, 1.54) is 11.8 Å². The van der Waals surface area contributed by atoms with Gasteiger partial charge in [-0.3, -0.25) is 4.79 Å². The summed E-state index contributed by atoms with van der Waals surface area (Å²) in [5, 5.41) is 0.735. The van der Waals surface area contributed by atoms with Gasteiger partial charge in [0, 0.05) is 37.9 Å². The number of amides is 1. The van der Waals surface area contributed by atoms with Gasteiger partial charge in [0.1, 0.15) is 11.6 Å². The smallest absolute Gasteiger partial charge is 0.289 e. The minimum absolute atomic E-state index is 0.0763. The van der Waals surface area contributed by atoms with Crippen LogP contribution >= 0.6 is 11.8 Å². The zero-order valence-corrected chi connectivity index (χ0v) is 17.6. The molecule has 0 unspecified atom stereocenters. The van der Waals surface area contributed by atoms with Gasteiger partial charge in [0.05, 0.1) is 19.0 Å². The van der Waals surface area contributed by atoms with Gasteiger partial charge in [0.25, 0.3) is 5.91 Å². The van der Waals surface area contributed by atoms with Gasteiger partial charge in [-0.25, -0.2) is 9.97 Å². The molecule has 0 spiro atoms. The average Bonchev–Trinajstić information content (AvgIpc) is 3.22. The van der Waals surface area contributed by atoms with Gasteiger partial charge in [-0.15, -0.1) is 0 Å². The Kier molecular flexibility index (Phi) is 7.33. The Bertz CT molecular complexity index is 786. The molecule has 1 aliphatic heterocycles.